The average Bonchev–Trinajstić information content (AvgIpc) is 2.44. The lowest BCUT2D eigenvalue weighted by atomic mass is 10.1. The zero-order valence-corrected chi connectivity index (χ0v) is 15.9. The zero-order valence-electron chi connectivity index (χ0n) is 13.6. The number of ether oxygens (including phenoxy) is 1. The highest BCUT2D eigenvalue weighted by atomic mass is 127. The van der Waals surface area contributed by atoms with Crippen molar-refractivity contribution in [1.29, 1.82) is 0 Å². The number of hydrogen-bond donors (Lipinski definition) is 1. The number of rotatable bonds is 7. The molecule has 120 valence electrons. The molecule has 21 heavy (non-hydrogen) atoms. The predicted octanol–water partition coefficient (Wildman–Crippen LogP) is 3.05. The van der Waals surface area contributed by atoms with Gasteiger partial charge in [-0.25, -0.2) is 0 Å². The van der Waals surface area contributed by atoms with Crippen LogP contribution < -0.4 is 5.32 Å². The summed E-state index contributed by atoms with van der Waals surface area (Å²) in [6.07, 6.45) is 0.948. The van der Waals surface area contributed by atoms with Crippen LogP contribution in [0, 0.1) is 6.92 Å². The summed E-state index contributed by atoms with van der Waals surface area (Å²) >= 11 is 0. The van der Waals surface area contributed by atoms with Gasteiger partial charge in [-0.2, -0.15) is 0 Å². The van der Waals surface area contributed by atoms with Gasteiger partial charge in [0.05, 0.1) is 0 Å². The molecule has 0 radical (unpaired) electrons. The van der Waals surface area contributed by atoms with Crippen LogP contribution in [0.4, 0.5) is 0 Å². The minimum Gasteiger partial charge on any atom is -0.385 e. The second kappa shape index (κ2) is 11.8. The molecule has 0 amide bonds. The predicted molar refractivity (Wildman–Crippen MR) is 101 cm³/mol. The van der Waals surface area contributed by atoms with Gasteiger partial charge in [0, 0.05) is 40.4 Å². The Labute approximate surface area is 146 Å². The van der Waals surface area contributed by atoms with E-state index in [1.54, 1.807) is 7.11 Å². The molecule has 0 aliphatic carbocycles. The zero-order chi connectivity index (χ0) is 14.8. The second-order valence-electron chi connectivity index (χ2n) is 4.92. The maximum absolute atomic E-state index is 5.05. The van der Waals surface area contributed by atoms with Crippen molar-refractivity contribution < 1.29 is 4.74 Å². The van der Waals surface area contributed by atoms with Crippen LogP contribution in [-0.4, -0.2) is 44.7 Å². The van der Waals surface area contributed by atoms with E-state index in [0.29, 0.717) is 0 Å². The fourth-order valence-corrected chi connectivity index (χ4v) is 1.91. The number of nitrogens with one attached hydrogen (secondary N) is 1. The lowest BCUT2D eigenvalue weighted by Gasteiger charge is -2.22. The summed E-state index contributed by atoms with van der Waals surface area (Å²) < 4.78 is 5.05. The van der Waals surface area contributed by atoms with Gasteiger partial charge in [-0.15, -0.1) is 24.0 Å². The van der Waals surface area contributed by atoms with E-state index in [4.69, 9.17) is 4.74 Å². The van der Waals surface area contributed by atoms with Gasteiger partial charge in [0.1, 0.15) is 0 Å². The maximum atomic E-state index is 5.05. The molecule has 5 heteroatoms. The summed E-state index contributed by atoms with van der Waals surface area (Å²) in [5.74, 6) is 0.948. The number of nitrogens with zero attached hydrogens (tertiary/aromatic N) is 2. The quantitative estimate of drug-likeness (QED) is 0.328. The number of guanidine groups is 1. The van der Waals surface area contributed by atoms with Crippen LogP contribution in [0.15, 0.2) is 29.3 Å². The number of benzene rings is 1. The SMILES string of the molecule is CCNC(=NCCCOC)N(C)Cc1ccc(C)cc1.I. The van der Waals surface area contributed by atoms with Crippen molar-refractivity contribution in [3.63, 3.8) is 0 Å². The topological polar surface area (TPSA) is 36.9 Å². The van der Waals surface area contributed by atoms with Crippen molar-refractivity contribution in [2.45, 2.75) is 26.8 Å². The molecular weight excluding hydrogens is 377 g/mol. The first kappa shape index (κ1) is 20.2. The molecule has 1 aromatic rings. The molecule has 1 rings (SSSR count). The van der Waals surface area contributed by atoms with Crippen LogP contribution in [0.1, 0.15) is 24.5 Å². The Morgan fingerprint density at radius 3 is 2.52 bits per heavy atom. The van der Waals surface area contributed by atoms with E-state index in [1.807, 2.05) is 0 Å². The molecule has 0 aliphatic heterocycles. The fraction of sp³-hybridized carbons (Fsp3) is 0.562. The minimum atomic E-state index is 0. The molecule has 1 N–H and O–H groups in total. The largest absolute Gasteiger partial charge is 0.385 e. The van der Waals surface area contributed by atoms with Crippen LogP contribution in [0.25, 0.3) is 0 Å². The van der Waals surface area contributed by atoms with Crippen molar-refractivity contribution in [1.82, 2.24) is 10.2 Å². The highest BCUT2D eigenvalue weighted by Gasteiger charge is 2.06. The van der Waals surface area contributed by atoms with Crippen LogP contribution in [0.5, 0.6) is 0 Å². The molecule has 0 spiro atoms. The van der Waals surface area contributed by atoms with Gasteiger partial charge < -0.3 is 15.0 Å². The number of aliphatic imine (C=N–C) groups is 1. The molecule has 0 aromatic heterocycles. The van der Waals surface area contributed by atoms with Gasteiger partial charge >= 0.3 is 0 Å². The number of halogens is 1. The van der Waals surface area contributed by atoms with Crippen molar-refractivity contribution in [2.24, 2.45) is 4.99 Å². The lowest BCUT2D eigenvalue weighted by molar-refractivity contribution is 0.197. The van der Waals surface area contributed by atoms with Crippen LogP contribution >= 0.6 is 24.0 Å². The Hall–Kier alpha value is -0.820. The Bertz CT molecular complexity index is 406. The highest BCUT2D eigenvalue weighted by molar-refractivity contribution is 14.0. The van der Waals surface area contributed by atoms with Gasteiger partial charge in [-0.1, -0.05) is 29.8 Å². The third kappa shape index (κ3) is 8.26. The van der Waals surface area contributed by atoms with Gasteiger partial charge in [0.15, 0.2) is 5.96 Å². The standard InChI is InChI=1S/C16H27N3O.HI/c1-5-17-16(18-11-6-12-20-4)19(3)13-15-9-7-14(2)8-10-15;/h7-10H,5-6,11-13H2,1-4H3,(H,17,18);1H. The monoisotopic (exact) mass is 405 g/mol. The molecule has 1 aromatic carbocycles. The van der Waals surface area contributed by atoms with Gasteiger partial charge in [-0.3, -0.25) is 4.99 Å². The molecule has 0 saturated carbocycles. The smallest absolute Gasteiger partial charge is 0.193 e. The molecule has 0 heterocycles. The summed E-state index contributed by atoms with van der Waals surface area (Å²) in [7, 11) is 3.79. The fourth-order valence-electron chi connectivity index (χ4n) is 1.91. The van der Waals surface area contributed by atoms with E-state index < -0.39 is 0 Å². The first-order valence-corrected chi connectivity index (χ1v) is 7.21. The molecule has 0 saturated heterocycles. The summed E-state index contributed by atoms with van der Waals surface area (Å²) in [5, 5.41) is 3.33. The Kier molecular flexibility index (Phi) is 11.3. The van der Waals surface area contributed by atoms with Gasteiger partial charge in [-0.05, 0) is 25.8 Å². The number of methoxy groups -OCH3 is 1. The van der Waals surface area contributed by atoms with E-state index in [1.165, 1.54) is 11.1 Å². The third-order valence-electron chi connectivity index (χ3n) is 3.00. The molecular formula is C16H28IN3O. The van der Waals surface area contributed by atoms with Crippen molar-refractivity contribution in [2.75, 3.05) is 33.9 Å². The van der Waals surface area contributed by atoms with Gasteiger partial charge in [0.25, 0.3) is 0 Å². The maximum Gasteiger partial charge on any atom is 0.193 e. The van der Waals surface area contributed by atoms with Crippen molar-refractivity contribution >= 4 is 29.9 Å². The molecule has 0 atom stereocenters. The Morgan fingerprint density at radius 1 is 1.29 bits per heavy atom. The highest BCUT2D eigenvalue weighted by Crippen LogP contribution is 2.06. The first-order chi connectivity index (χ1) is 9.67. The Morgan fingerprint density at radius 2 is 1.95 bits per heavy atom. The van der Waals surface area contributed by atoms with E-state index in [9.17, 15) is 0 Å². The van der Waals surface area contributed by atoms with Crippen LogP contribution in [0.3, 0.4) is 0 Å². The van der Waals surface area contributed by atoms with E-state index >= 15 is 0 Å². The van der Waals surface area contributed by atoms with Crippen molar-refractivity contribution in [3.8, 4) is 0 Å². The van der Waals surface area contributed by atoms with Crippen LogP contribution in [-0.2, 0) is 11.3 Å². The molecule has 0 aliphatic rings. The molecule has 0 unspecified atom stereocenters. The number of hydrogen-bond acceptors (Lipinski definition) is 2. The third-order valence-corrected chi connectivity index (χ3v) is 3.00. The summed E-state index contributed by atoms with van der Waals surface area (Å²) in [4.78, 5) is 6.77. The first-order valence-electron chi connectivity index (χ1n) is 7.21. The van der Waals surface area contributed by atoms with Gasteiger partial charge in [0.2, 0.25) is 0 Å². The normalized spacial score (nSPS) is 11.0. The van der Waals surface area contributed by atoms with Crippen molar-refractivity contribution in [3.05, 3.63) is 35.4 Å². The lowest BCUT2D eigenvalue weighted by Crippen LogP contribution is -2.38. The number of aryl methyl sites for hydroxylation is 1. The minimum absolute atomic E-state index is 0. The molecule has 0 fully saturated rings. The summed E-state index contributed by atoms with van der Waals surface area (Å²) in [6.45, 7) is 7.47. The molecule has 0 bridgehead atoms. The summed E-state index contributed by atoms with van der Waals surface area (Å²) in [5.41, 5.74) is 2.58. The Balaban J connectivity index is 0.00000400. The van der Waals surface area contributed by atoms with E-state index in [-0.39, 0.29) is 24.0 Å². The molecule has 4 nitrogen and oxygen atoms in total. The van der Waals surface area contributed by atoms with Crippen LogP contribution in [0.2, 0.25) is 0 Å². The van der Waals surface area contributed by atoms with E-state index in [2.05, 4.69) is 60.4 Å². The average molecular weight is 405 g/mol. The summed E-state index contributed by atoms with van der Waals surface area (Å²) in [6, 6.07) is 8.62. The van der Waals surface area contributed by atoms with E-state index in [0.717, 1.165) is 38.6 Å². The second-order valence-corrected chi connectivity index (χ2v) is 4.92.